The van der Waals surface area contributed by atoms with Crippen LogP contribution in [-0.4, -0.2) is 20.3 Å². The summed E-state index contributed by atoms with van der Waals surface area (Å²) in [4.78, 5) is 14.6. The highest BCUT2D eigenvalue weighted by molar-refractivity contribution is 6.31. The Kier molecular flexibility index (Phi) is 4.31. The van der Waals surface area contributed by atoms with Crippen molar-refractivity contribution in [2.75, 3.05) is 14.2 Å². The average molecular weight is 300 g/mol. The molecular weight excluding hydrogens is 285 g/mol. The second kappa shape index (κ2) is 5.81. The molecule has 1 fully saturated rings. The van der Waals surface area contributed by atoms with E-state index in [1.807, 2.05) is 0 Å². The van der Waals surface area contributed by atoms with Crippen LogP contribution in [0.3, 0.4) is 0 Å². The number of nitrogens with zero attached hydrogens (tertiary/aromatic N) is 1. The largest absolute Gasteiger partial charge is 0.493 e. The first-order valence-electron chi connectivity index (χ1n) is 6.29. The van der Waals surface area contributed by atoms with Crippen LogP contribution in [0.25, 0.3) is 0 Å². The molecule has 0 unspecified atom stereocenters. The number of benzene rings is 1. The molecule has 0 spiro atoms. The normalized spacial score (nSPS) is 16.6. The Morgan fingerprint density at radius 2 is 2.00 bits per heavy atom. The lowest BCUT2D eigenvalue weighted by molar-refractivity contribution is 0.329. The van der Waals surface area contributed by atoms with Crippen LogP contribution in [0.5, 0.6) is 11.5 Å². The molecule has 6 heteroatoms. The molecule has 0 bridgehead atoms. The lowest BCUT2D eigenvalue weighted by atomic mass is 9.87. The zero-order valence-electron chi connectivity index (χ0n) is 11.3. The zero-order chi connectivity index (χ0) is 14.8. The zero-order valence-corrected chi connectivity index (χ0v) is 12.1. The van der Waals surface area contributed by atoms with E-state index in [1.54, 1.807) is 6.08 Å². The number of rotatable bonds is 4. The Labute approximate surface area is 121 Å². The maximum Gasteiger partial charge on any atom is 0.235 e. The molecule has 0 N–H and O–H groups in total. The Bertz CT molecular complexity index is 564. The quantitative estimate of drug-likeness (QED) is 0.630. The van der Waals surface area contributed by atoms with Gasteiger partial charge >= 0.3 is 0 Å². The SMILES string of the molecule is COc1cc(Cl)c(F)c(C2(N=C=O)CCCC2)c1OC. The second-order valence-electron chi connectivity index (χ2n) is 4.72. The average Bonchev–Trinajstić information content (AvgIpc) is 2.90. The first-order valence-corrected chi connectivity index (χ1v) is 6.67. The summed E-state index contributed by atoms with van der Waals surface area (Å²) in [6, 6.07) is 1.35. The summed E-state index contributed by atoms with van der Waals surface area (Å²) in [5.41, 5.74) is -0.778. The monoisotopic (exact) mass is 299 g/mol. The summed E-state index contributed by atoms with van der Waals surface area (Å²) in [6.07, 6.45) is 4.36. The van der Waals surface area contributed by atoms with Crippen LogP contribution in [0.2, 0.25) is 5.02 Å². The molecule has 2 rings (SSSR count). The maximum absolute atomic E-state index is 14.5. The summed E-state index contributed by atoms with van der Waals surface area (Å²) in [7, 11) is 2.86. The molecule has 1 aliphatic carbocycles. The molecule has 1 aromatic carbocycles. The highest BCUT2D eigenvalue weighted by Gasteiger charge is 2.42. The molecule has 1 aromatic rings. The minimum absolute atomic E-state index is 0.0787. The van der Waals surface area contributed by atoms with Gasteiger partial charge in [0.15, 0.2) is 17.3 Å². The maximum atomic E-state index is 14.5. The third-order valence-electron chi connectivity index (χ3n) is 3.72. The van der Waals surface area contributed by atoms with Gasteiger partial charge in [-0.15, -0.1) is 0 Å². The fourth-order valence-electron chi connectivity index (χ4n) is 2.82. The molecule has 1 saturated carbocycles. The van der Waals surface area contributed by atoms with Crippen molar-refractivity contribution in [1.82, 2.24) is 0 Å². The summed E-state index contributed by atoms with van der Waals surface area (Å²) in [5, 5.41) is -0.0787. The number of aliphatic imine (C=N–C) groups is 1. The van der Waals surface area contributed by atoms with Crippen LogP contribution >= 0.6 is 11.6 Å². The number of halogens is 2. The van der Waals surface area contributed by atoms with Crippen LogP contribution in [-0.2, 0) is 10.3 Å². The van der Waals surface area contributed by atoms with Gasteiger partial charge in [-0.05, 0) is 12.8 Å². The molecule has 0 radical (unpaired) electrons. The van der Waals surface area contributed by atoms with Crippen LogP contribution in [0.4, 0.5) is 4.39 Å². The molecule has 20 heavy (non-hydrogen) atoms. The fourth-order valence-corrected chi connectivity index (χ4v) is 3.01. The summed E-state index contributed by atoms with van der Waals surface area (Å²) < 4.78 is 25.0. The first-order chi connectivity index (χ1) is 9.59. The van der Waals surface area contributed by atoms with Gasteiger partial charge in [0.05, 0.1) is 24.8 Å². The van der Waals surface area contributed by atoms with Crippen molar-refractivity contribution in [1.29, 1.82) is 0 Å². The predicted molar refractivity (Wildman–Crippen MR) is 72.8 cm³/mol. The molecule has 0 atom stereocenters. The highest BCUT2D eigenvalue weighted by Crippen LogP contribution is 2.50. The molecule has 0 aliphatic heterocycles. The number of methoxy groups -OCH3 is 2. The van der Waals surface area contributed by atoms with Crippen molar-refractivity contribution in [3.8, 4) is 11.5 Å². The van der Waals surface area contributed by atoms with Crippen LogP contribution in [0.1, 0.15) is 31.2 Å². The van der Waals surface area contributed by atoms with Gasteiger partial charge in [0.1, 0.15) is 5.54 Å². The van der Waals surface area contributed by atoms with Gasteiger partial charge in [-0.1, -0.05) is 24.4 Å². The molecule has 0 aromatic heterocycles. The third-order valence-corrected chi connectivity index (χ3v) is 3.99. The number of carbonyl (C=O) groups excluding carboxylic acids is 1. The van der Waals surface area contributed by atoms with Crippen molar-refractivity contribution in [2.45, 2.75) is 31.2 Å². The van der Waals surface area contributed by atoms with E-state index >= 15 is 0 Å². The second-order valence-corrected chi connectivity index (χ2v) is 5.13. The van der Waals surface area contributed by atoms with E-state index in [4.69, 9.17) is 21.1 Å². The van der Waals surface area contributed by atoms with E-state index in [9.17, 15) is 9.18 Å². The fraction of sp³-hybridized carbons (Fsp3) is 0.500. The lowest BCUT2D eigenvalue weighted by Gasteiger charge is -2.27. The van der Waals surface area contributed by atoms with Crippen molar-refractivity contribution in [3.63, 3.8) is 0 Å². The molecule has 1 aliphatic rings. The lowest BCUT2D eigenvalue weighted by Crippen LogP contribution is -2.22. The first kappa shape index (κ1) is 14.8. The van der Waals surface area contributed by atoms with Crippen molar-refractivity contribution in [2.24, 2.45) is 4.99 Å². The summed E-state index contributed by atoms with van der Waals surface area (Å²) >= 11 is 5.92. The molecular formula is C14H15ClFNO3. The van der Waals surface area contributed by atoms with E-state index in [0.29, 0.717) is 18.6 Å². The Hall–Kier alpha value is -1.58. The molecule has 4 nitrogen and oxygen atoms in total. The molecule has 0 heterocycles. The standard InChI is InChI=1S/C14H15ClFNO3/c1-19-10-7-9(15)12(16)11(13(10)20-2)14(17-8-18)5-3-4-6-14/h7H,3-6H2,1-2H3. The summed E-state index contributed by atoms with van der Waals surface area (Å²) in [5.74, 6) is -0.0678. The van der Waals surface area contributed by atoms with Crippen molar-refractivity contribution >= 4 is 17.7 Å². The van der Waals surface area contributed by atoms with Crippen LogP contribution < -0.4 is 9.47 Å². The third kappa shape index (κ3) is 2.28. The van der Waals surface area contributed by atoms with Gasteiger partial charge < -0.3 is 9.47 Å². The Balaban J connectivity index is 2.76. The van der Waals surface area contributed by atoms with Crippen LogP contribution in [0.15, 0.2) is 11.1 Å². The van der Waals surface area contributed by atoms with Gasteiger partial charge in [-0.2, -0.15) is 4.99 Å². The molecule has 0 amide bonds. The van der Waals surface area contributed by atoms with E-state index in [-0.39, 0.29) is 16.3 Å². The van der Waals surface area contributed by atoms with E-state index in [0.717, 1.165) is 12.8 Å². The van der Waals surface area contributed by atoms with Gasteiger partial charge in [0.2, 0.25) is 6.08 Å². The van der Waals surface area contributed by atoms with Crippen LogP contribution in [0, 0.1) is 5.82 Å². The number of ether oxygens (including phenoxy) is 2. The van der Waals surface area contributed by atoms with E-state index < -0.39 is 11.4 Å². The molecule has 0 saturated heterocycles. The van der Waals surface area contributed by atoms with E-state index in [2.05, 4.69) is 4.99 Å². The predicted octanol–water partition coefficient (Wildman–Crippen LogP) is 3.60. The van der Waals surface area contributed by atoms with E-state index in [1.165, 1.54) is 20.3 Å². The number of hydrogen-bond acceptors (Lipinski definition) is 4. The number of hydrogen-bond donors (Lipinski definition) is 0. The van der Waals surface area contributed by atoms with Gasteiger partial charge in [-0.25, -0.2) is 9.18 Å². The Morgan fingerprint density at radius 1 is 1.35 bits per heavy atom. The Morgan fingerprint density at radius 3 is 2.50 bits per heavy atom. The highest BCUT2D eigenvalue weighted by atomic mass is 35.5. The van der Waals surface area contributed by atoms with Gasteiger partial charge in [0, 0.05) is 6.07 Å². The minimum atomic E-state index is -0.963. The van der Waals surface area contributed by atoms with Crippen molar-refractivity contribution in [3.05, 3.63) is 22.5 Å². The topological polar surface area (TPSA) is 47.9 Å². The smallest absolute Gasteiger partial charge is 0.235 e. The number of isocyanates is 1. The summed E-state index contributed by atoms with van der Waals surface area (Å²) in [6.45, 7) is 0. The van der Waals surface area contributed by atoms with Gasteiger partial charge in [0.25, 0.3) is 0 Å². The molecule has 108 valence electrons. The van der Waals surface area contributed by atoms with Gasteiger partial charge in [-0.3, -0.25) is 0 Å². The van der Waals surface area contributed by atoms with Crippen molar-refractivity contribution < 1.29 is 18.7 Å². The minimum Gasteiger partial charge on any atom is -0.493 e.